The van der Waals surface area contributed by atoms with E-state index < -0.39 is 0 Å². The maximum atomic E-state index is 9.02. The fraction of sp³-hybridized carbons (Fsp3) is 0.118. The Hall–Kier alpha value is -2.73. The Labute approximate surface area is 117 Å². The Bertz CT molecular complexity index is 825. The van der Waals surface area contributed by atoms with Gasteiger partial charge in [-0.05, 0) is 42.8 Å². The average Bonchev–Trinajstić information content (AvgIpc) is 2.83. The molecule has 0 unspecified atom stereocenters. The Morgan fingerprint density at radius 1 is 1.15 bits per heavy atom. The summed E-state index contributed by atoms with van der Waals surface area (Å²) in [5.41, 5.74) is 3.89. The van der Waals surface area contributed by atoms with E-state index in [2.05, 4.69) is 23.8 Å². The first-order valence-electron chi connectivity index (χ1n) is 6.40. The molecule has 0 amide bonds. The number of hydrogen-bond donors (Lipinski definition) is 0. The van der Waals surface area contributed by atoms with Crippen LogP contribution in [-0.2, 0) is 0 Å². The van der Waals surface area contributed by atoms with Gasteiger partial charge in [0.2, 0.25) is 0 Å². The Morgan fingerprint density at radius 3 is 2.70 bits per heavy atom. The Morgan fingerprint density at radius 2 is 1.95 bits per heavy atom. The molecule has 3 rings (SSSR count). The molecule has 3 heteroatoms. The quantitative estimate of drug-likeness (QED) is 0.704. The number of para-hydroxylation sites is 2. The highest BCUT2D eigenvalue weighted by atomic mass is 16.5. The van der Waals surface area contributed by atoms with Crippen LogP contribution in [0.25, 0.3) is 16.6 Å². The largest absolute Gasteiger partial charge is 0.495 e. The molecular weight excluding hydrogens is 248 g/mol. The first-order chi connectivity index (χ1) is 9.74. The van der Waals surface area contributed by atoms with Crippen molar-refractivity contribution in [2.75, 3.05) is 7.11 Å². The van der Waals surface area contributed by atoms with Gasteiger partial charge >= 0.3 is 0 Å². The number of benzene rings is 2. The number of nitrogens with zero attached hydrogens (tertiary/aromatic N) is 2. The lowest BCUT2D eigenvalue weighted by Gasteiger charge is -2.10. The number of hydrogen-bond acceptors (Lipinski definition) is 2. The first kappa shape index (κ1) is 12.3. The summed E-state index contributed by atoms with van der Waals surface area (Å²) < 4.78 is 7.53. The lowest BCUT2D eigenvalue weighted by atomic mass is 10.1. The van der Waals surface area contributed by atoms with E-state index >= 15 is 0 Å². The van der Waals surface area contributed by atoms with E-state index in [9.17, 15) is 0 Å². The van der Waals surface area contributed by atoms with Crippen molar-refractivity contribution in [1.29, 1.82) is 5.26 Å². The van der Waals surface area contributed by atoms with E-state index in [0.29, 0.717) is 5.56 Å². The van der Waals surface area contributed by atoms with E-state index in [0.717, 1.165) is 27.9 Å². The summed E-state index contributed by atoms with van der Waals surface area (Å²) in [5, 5.41) is 10.1. The van der Waals surface area contributed by atoms with E-state index in [4.69, 9.17) is 10.00 Å². The minimum absolute atomic E-state index is 0.679. The topological polar surface area (TPSA) is 38.0 Å². The van der Waals surface area contributed by atoms with Crippen LogP contribution in [0.2, 0.25) is 0 Å². The number of fused-ring (bicyclic) bond motifs is 1. The van der Waals surface area contributed by atoms with Crippen LogP contribution in [0.1, 0.15) is 11.1 Å². The maximum absolute atomic E-state index is 9.02. The number of rotatable bonds is 2. The molecule has 1 heterocycles. The maximum Gasteiger partial charge on any atom is 0.142 e. The van der Waals surface area contributed by atoms with Crippen LogP contribution in [-0.4, -0.2) is 11.7 Å². The standard InChI is InChI=1S/C17H14N2O/c1-12-11-19(16-5-3-4-6-17(16)20-2)15-8-7-13(10-18)9-14(12)15/h3-9,11H,1-2H3. The Kier molecular flexibility index (Phi) is 2.92. The smallest absolute Gasteiger partial charge is 0.142 e. The normalized spacial score (nSPS) is 10.4. The molecule has 0 saturated heterocycles. The number of aromatic nitrogens is 1. The molecular formula is C17H14N2O. The zero-order chi connectivity index (χ0) is 14.1. The molecule has 0 aliphatic carbocycles. The summed E-state index contributed by atoms with van der Waals surface area (Å²) in [6.07, 6.45) is 2.07. The van der Waals surface area contributed by atoms with Crippen molar-refractivity contribution in [3.8, 4) is 17.5 Å². The highest BCUT2D eigenvalue weighted by Gasteiger charge is 2.11. The van der Waals surface area contributed by atoms with Gasteiger partial charge in [-0.2, -0.15) is 5.26 Å². The molecule has 2 aromatic carbocycles. The fourth-order valence-corrected chi connectivity index (χ4v) is 2.49. The lowest BCUT2D eigenvalue weighted by molar-refractivity contribution is 0.413. The van der Waals surface area contributed by atoms with Gasteiger partial charge in [0.15, 0.2) is 0 Å². The van der Waals surface area contributed by atoms with Gasteiger partial charge < -0.3 is 9.30 Å². The summed E-state index contributed by atoms with van der Waals surface area (Å²) >= 11 is 0. The fourth-order valence-electron chi connectivity index (χ4n) is 2.49. The molecule has 0 spiro atoms. The van der Waals surface area contributed by atoms with Crippen LogP contribution in [0.15, 0.2) is 48.7 Å². The molecule has 1 aromatic heterocycles. The number of ether oxygens (including phenoxy) is 1. The van der Waals surface area contributed by atoms with E-state index in [1.165, 1.54) is 0 Å². The molecule has 0 aliphatic heterocycles. The summed E-state index contributed by atoms with van der Waals surface area (Å²) in [7, 11) is 1.67. The Balaban J connectivity index is 2.30. The molecule has 3 nitrogen and oxygen atoms in total. The van der Waals surface area contributed by atoms with Crippen LogP contribution < -0.4 is 4.74 Å². The van der Waals surface area contributed by atoms with Gasteiger partial charge in [0, 0.05) is 11.6 Å². The van der Waals surface area contributed by atoms with Gasteiger partial charge in [-0.25, -0.2) is 0 Å². The summed E-state index contributed by atoms with van der Waals surface area (Å²) in [6, 6.07) is 15.8. The second-order valence-corrected chi connectivity index (χ2v) is 4.70. The molecule has 0 radical (unpaired) electrons. The molecule has 0 bridgehead atoms. The molecule has 0 atom stereocenters. The van der Waals surface area contributed by atoms with Crippen molar-refractivity contribution in [3.63, 3.8) is 0 Å². The molecule has 0 saturated carbocycles. The van der Waals surface area contributed by atoms with Gasteiger partial charge in [-0.15, -0.1) is 0 Å². The van der Waals surface area contributed by atoms with E-state index in [-0.39, 0.29) is 0 Å². The molecule has 0 aliphatic rings. The summed E-state index contributed by atoms with van der Waals surface area (Å²) in [4.78, 5) is 0. The third-order valence-electron chi connectivity index (χ3n) is 3.48. The zero-order valence-corrected chi connectivity index (χ0v) is 11.4. The van der Waals surface area contributed by atoms with Gasteiger partial charge in [0.1, 0.15) is 5.75 Å². The predicted octanol–water partition coefficient (Wildman–Crippen LogP) is 3.82. The zero-order valence-electron chi connectivity index (χ0n) is 11.4. The molecule has 0 fully saturated rings. The van der Waals surface area contributed by atoms with Crippen LogP contribution in [0.4, 0.5) is 0 Å². The first-order valence-corrected chi connectivity index (χ1v) is 6.40. The molecule has 98 valence electrons. The van der Waals surface area contributed by atoms with E-state index in [1.54, 1.807) is 7.11 Å². The van der Waals surface area contributed by atoms with Crippen molar-refractivity contribution < 1.29 is 4.74 Å². The third-order valence-corrected chi connectivity index (χ3v) is 3.48. The summed E-state index contributed by atoms with van der Waals surface area (Å²) in [5.74, 6) is 0.828. The monoisotopic (exact) mass is 262 g/mol. The number of methoxy groups -OCH3 is 1. The van der Waals surface area contributed by atoms with Crippen molar-refractivity contribution in [1.82, 2.24) is 4.57 Å². The molecule has 0 N–H and O–H groups in total. The second-order valence-electron chi connectivity index (χ2n) is 4.70. The molecule has 20 heavy (non-hydrogen) atoms. The predicted molar refractivity (Wildman–Crippen MR) is 79.3 cm³/mol. The SMILES string of the molecule is COc1ccccc1-n1cc(C)c2cc(C#N)ccc21. The highest BCUT2D eigenvalue weighted by Crippen LogP contribution is 2.29. The van der Waals surface area contributed by atoms with Crippen LogP contribution in [0.5, 0.6) is 5.75 Å². The molecule has 3 aromatic rings. The van der Waals surface area contributed by atoms with Crippen molar-refractivity contribution in [2.45, 2.75) is 6.92 Å². The minimum atomic E-state index is 0.679. The number of aryl methyl sites for hydroxylation is 1. The minimum Gasteiger partial charge on any atom is -0.495 e. The van der Waals surface area contributed by atoms with E-state index in [1.807, 2.05) is 42.5 Å². The third kappa shape index (κ3) is 1.83. The van der Waals surface area contributed by atoms with Crippen molar-refractivity contribution in [2.24, 2.45) is 0 Å². The van der Waals surface area contributed by atoms with Gasteiger partial charge in [0.05, 0.1) is 29.9 Å². The van der Waals surface area contributed by atoms with Crippen molar-refractivity contribution >= 4 is 10.9 Å². The van der Waals surface area contributed by atoms with Gasteiger partial charge in [0.25, 0.3) is 0 Å². The second kappa shape index (κ2) is 4.75. The average molecular weight is 262 g/mol. The number of nitriles is 1. The highest BCUT2D eigenvalue weighted by molar-refractivity contribution is 5.87. The van der Waals surface area contributed by atoms with Crippen LogP contribution in [0.3, 0.4) is 0 Å². The summed E-state index contributed by atoms with van der Waals surface area (Å²) in [6.45, 7) is 2.05. The lowest BCUT2D eigenvalue weighted by Crippen LogP contribution is -1.96. The van der Waals surface area contributed by atoms with Gasteiger partial charge in [-0.1, -0.05) is 12.1 Å². The van der Waals surface area contributed by atoms with Crippen LogP contribution in [0, 0.1) is 18.3 Å². The van der Waals surface area contributed by atoms with Crippen LogP contribution >= 0.6 is 0 Å². The van der Waals surface area contributed by atoms with Gasteiger partial charge in [-0.3, -0.25) is 0 Å². The van der Waals surface area contributed by atoms with Crippen molar-refractivity contribution in [3.05, 3.63) is 59.8 Å².